The van der Waals surface area contributed by atoms with Gasteiger partial charge in [0.15, 0.2) is 5.16 Å². The quantitative estimate of drug-likeness (QED) is 0.710. The summed E-state index contributed by atoms with van der Waals surface area (Å²) in [5.41, 5.74) is -0.244. The molecule has 1 saturated carbocycles. The van der Waals surface area contributed by atoms with Crippen LogP contribution in [0.5, 0.6) is 0 Å². The number of thioether (sulfide) groups is 1. The first kappa shape index (κ1) is 14.6. The van der Waals surface area contributed by atoms with Crippen LogP contribution in [0.2, 0.25) is 0 Å². The standard InChI is InChI=1S/C13H20N4O3S/c18-11(14-6-9-3-4-9)8-21-13-16-15-12(19)17(13)7-10-2-1-5-20-10/h9-10H,1-8H2,(H,14,18)(H,15,19). The number of aromatic nitrogens is 3. The van der Waals surface area contributed by atoms with Crippen LogP contribution in [0.25, 0.3) is 0 Å². The van der Waals surface area contributed by atoms with E-state index in [-0.39, 0.29) is 23.5 Å². The van der Waals surface area contributed by atoms with Crippen molar-refractivity contribution in [2.24, 2.45) is 5.92 Å². The van der Waals surface area contributed by atoms with Crippen molar-refractivity contribution in [3.8, 4) is 0 Å². The molecule has 0 bridgehead atoms. The van der Waals surface area contributed by atoms with Crippen molar-refractivity contribution in [2.75, 3.05) is 18.9 Å². The van der Waals surface area contributed by atoms with E-state index in [1.807, 2.05) is 0 Å². The van der Waals surface area contributed by atoms with Crippen molar-refractivity contribution in [1.82, 2.24) is 20.1 Å². The molecule has 1 aromatic rings. The molecule has 1 aromatic heterocycles. The van der Waals surface area contributed by atoms with Crippen molar-refractivity contribution in [1.29, 1.82) is 0 Å². The minimum Gasteiger partial charge on any atom is -0.376 e. The molecule has 0 radical (unpaired) electrons. The lowest BCUT2D eigenvalue weighted by molar-refractivity contribution is -0.118. The summed E-state index contributed by atoms with van der Waals surface area (Å²) in [5, 5.41) is 9.89. The van der Waals surface area contributed by atoms with Gasteiger partial charge in [-0.15, -0.1) is 5.10 Å². The maximum atomic E-state index is 11.8. The summed E-state index contributed by atoms with van der Waals surface area (Å²) in [6.07, 6.45) is 4.50. The molecule has 21 heavy (non-hydrogen) atoms. The van der Waals surface area contributed by atoms with Crippen LogP contribution in [0.3, 0.4) is 0 Å². The Kier molecular flexibility index (Phi) is 4.64. The smallest absolute Gasteiger partial charge is 0.344 e. The van der Waals surface area contributed by atoms with Crippen LogP contribution in [-0.2, 0) is 16.1 Å². The zero-order valence-corrected chi connectivity index (χ0v) is 12.7. The van der Waals surface area contributed by atoms with E-state index in [2.05, 4.69) is 15.5 Å². The number of carbonyl (C=O) groups is 1. The van der Waals surface area contributed by atoms with Crippen molar-refractivity contribution < 1.29 is 9.53 Å². The Morgan fingerprint density at radius 3 is 3.05 bits per heavy atom. The molecule has 1 atom stereocenters. The largest absolute Gasteiger partial charge is 0.376 e. The molecule has 8 heteroatoms. The van der Waals surface area contributed by atoms with Crippen LogP contribution in [-0.4, -0.2) is 45.7 Å². The molecule has 2 heterocycles. The van der Waals surface area contributed by atoms with Gasteiger partial charge in [0.25, 0.3) is 0 Å². The second kappa shape index (κ2) is 6.65. The van der Waals surface area contributed by atoms with Crippen molar-refractivity contribution in [3.63, 3.8) is 0 Å². The van der Waals surface area contributed by atoms with Gasteiger partial charge < -0.3 is 10.1 Å². The zero-order valence-electron chi connectivity index (χ0n) is 11.8. The molecule has 2 N–H and O–H groups in total. The van der Waals surface area contributed by atoms with Gasteiger partial charge in [0.2, 0.25) is 5.91 Å². The predicted octanol–water partition coefficient (Wildman–Crippen LogP) is 0.369. The van der Waals surface area contributed by atoms with E-state index >= 15 is 0 Å². The SMILES string of the molecule is O=C(CSc1n[nH]c(=O)n1CC1CCCO1)NCC1CC1. The predicted molar refractivity (Wildman–Crippen MR) is 78.3 cm³/mol. The molecule has 1 aliphatic heterocycles. The molecule has 116 valence electrons. The second-order valence-corrected chi connectivity index (χ2v) is 6.54. The fourth-order valence-corrected chi connectivity index (χ4v) is 3.11. The van der Waals surface area contributed by atoms with E-state index in [4.69, 9.17) is 4.74 Å². The monoisotopic (exact) mass is 312 g/mol. The molecule has 2 aliphatic rings. The first-order valence-electron chi connectivity index (χ1n) is 7.38. The average Bonchev–Trinajstić information content (AvgIpc) is 3.05. The van der Waals surface area contributed by atoms with Crippen LogP contribution >= 0.6 is 11.8 Å². The third-order valence-corrected chi connectivity index (χ3v) is 4.73. The van der Waals surface area contributed by atoms with E-state index in [0.29, 0.717) is 17.6 Å². The van der Waals surface area contributed by atoms with Crippen LogP contribution in [0, 0.1) is 5.92 Å². The maximum absolute atomic E-state index is 11.8. The van der Waals surface area contributed by atoms with Gasteiger partial charge in [-0.2, -0.15) is 0 Å². The van der Waals surface area contributed by atoms with Crippen molar-refractivity contribution in [3.05, 3.63) is 10.5 Å². The fraction of sp³-hybridized carbons (Fsp3) is 0.769. The van der Waals surface area contributed by atoms with Crippen LogP contribution < -0.4 is 11.0 Å². The third kappa shape index (κ3) is 4.10. The summed E-state index contributed by atoms with van der Waals surface area (Å²) < 4.78 is 7.11. The number of hydrogen-bond acceptors (Lipinski definition) is 5. The van der Waals surface area contributed by atoms with Crippen molar-refractivity contribution in [2.45, 2.75) is 43.5 Å². The van der Waals surface area contributed by atoms with Gasteiger partial charge in [0.05, 0.1) is 18.4 Å². The number of ether oxygens (including phenoxy) is 1. The Labute approximate surface area is 126 Å². The Morgan fingerprint density at radius 1 is 1.48 bits per heavy atom. The molecule has 2 fully saturated rings. The minimum atomic E-state index is -0.244. The highest BCUT2D eigenvalue weighted by molar-refractivity contribution is 7.99. The van der Waals surface area contributed by atoms with E-state index in [1.165, 1.54) is 24.6 Å². The highest BCUT2D eigenvalue weighted by atomic mass is 32.2. The maximum Gasteiger partial charge on any atom is 0.344 e. The number of carbonyl (C=O) groups excluding carboxylic acids is 1. The highest BCUT2D eigenvalue weighted by Gasteiger charge is 2.22. The van der Waals surface area contributed by atoms with Gasteiger partial charge in [-0.05, 0) is 31.6 Å². The number of hydrogen-bond donors (Lipinski definition) is 2. The first-order chi connectivity index (χ1) is 10.2. The lowest BCUT2D eigenvalue weighted by Gasteiger charge is -2.10. The normalized spacial score (nSPS) is 21.6. The van der Waals surface area contributed by atoms with Gasteiger partial charge >= 0.3 is 5.69 Å². The Balaban J connectivity index is 1.51. The first-order valence-corrected chi connectivity index (χ1v) is 8.37. The number of nitrogens with zero attached hydrogens (tertiary/aromatic N) is 2. The van der Waals surface area contributed by atoms with Crippen LogP contribution in [0.1, 0.15) is 25.7 Å². The van der Waals surface area contributed by atoms with E-state index in [0.717, 1.165) is 26.0 Å². The summed E-state index contributed by atoms with van der Waals surface area (Å²) in [7, 11) is 0. The van der Waals surface area contributed by atoms with Crippen LogP contribution in [0.15, 0.2) is 9.95 Å². The summed E-state index contributed by atoms with van der Waals surface area (Å²) >= 11 is 1.28. The van der Waals surface area contributed by atoms with E-state index < -0.39 is 0 Å². The van der Waals surface area contributed by atoms with Gasteiger partial charge in [-0.3, -0.25) is 9.36 Å². The summed E-state index contributed by atoms with van der Waals surface area (Å²) in [5.74, 6) is 0.941. The number of aromatic amines is 1. The van der Waals surface area contributed by atoms with Gasteiger partial charge in [0, 0.05) is 13.2 Å². The van der Waals surface area contributed by atoms with Crippen molar-refractivity contribution >= 4 is 17.7 Å². The zero-order chi connectivity index (χ0) is 14.7. The minimum absolute atomic E-state index is 0.00832. The summed E-state index contributed by atoms with van der Waals surface area (Å²) in [6, 6.07) is 0. The number of nitrogens with one attached hydrogen (secondary N) is 2. The topological polar surface area (TPSA) is 89.0 Å². The molecule has 1 aliphatic carbocycles. The highest BCUT2D eigenvalue weighted by Crippen LogP contribution is 2.27. The van der Waals surface area contributed by atoms with Gasteiger partial charge in [0.1, 0.15) is 0 Å². The lowest BCUT2D eigenvalue weighted by Crippen LogP contribution is -2.28. The molecule has 1 amide bonds. The second-order valence-electron chi connectivity index (χ2n) is 5.59. The van der Waals surface area contributed by atoms with E-state index in [9.17, 15) is 9.59 Å². The molecule has 1 saturated heterocycles. The molecular formula is C13H20N4O3S. The number of H-pyrrole nitrogens is 1. The van der Waals surface area contributed by atoms with E-state index in [1.54, 1.807) is 4.57 Å². The lowest BCUT2D eigenvalue weighted by atomic mass is 10.2. The number of rotatable bonds is 7. The number of amides is 1. The summed E-state index contributed by atoms with van der Waals surface area (Å²) in [6.45, 7) is 2.02. The third-order valence-electron chi connectivity index (χ3n) is 3.75. The van der Waals surface area contributed by atoms with Gasteiger partial charge in [-0.1, -0.05) is 11.8 Å². The Hall–Kier alpha value is -1.28. The molecular weight excluding hydrogens is 292 g/mol. The average molecular weight is 312 g/mol. The molecule has 0 aromatic carbocycles. The molecule has 7 nitrogen and oxygen atoms in total. The molecule has 3 rings (SSSR count). The Morgan fingerprint density at radius 2 is 2.33 bits per heavy atom. The molecule has 1 unspecified atom stereocenters. The summed E-state index contributed by atoms with van der Waals surface area (Å²) in [4.78, 5) is 23.5. The fourth-order valence-electron chi connectivity index (χ4n) is 2.33. The Bertz CT molecular complexity index is 546. The van der Waals surface area contributed by atoms with Crippen LogP contribution in [0.4, 0.5) is 0 Å². The molecule has 0 spiro atoms. The van der Waals surface area contributed by atoms with Gasteiger partial charge in [-0.25, -0.2) is 9.89 Å².